The molecule has 1 aliphatic heterocycles. The van der Waals surface area contributed by atoms with E-state index in [1.54, 1.807) is 7.11 Å². The quantitative estimate of drug-likeness (QED) is 0.844. The van der Waals surface area contributed by atoms with Gasteiger partial charge in [0.2, 0.25) is 0 Å². The first kappa shape index (κ1) is 12.4. The molecule has 2 rings (SSSR count). The van der Waals surface area contributed by atoms with Crippen molar-refractivity contribution in [2.45, 2.75) is 45.6 Å². The van der Waals surface area contributed by atoms with Gasteiger partial charge in [0.05, 0.1) is 7.11 Å². The second kappa shape index (κ2) is 5.54. The summed E-state index contributed by atoms with van der Waals surface area (Å²) in [6.07, 6.45) is 5.26. The highest BCUT2D eigenvalue weighted by molar-refractivity contribution is 5.42. The molecular weight excluding hydrogens is 210 g/mol. The zero-order chi connectivity index (χ0) is 12.3. The summed E-state index contributed by atoms with van der Waals surface area (Å²) in [7, 11) is 1.74. The number of ether oxygens (including phenoxy) is 1. The van der Waals surface area contributed by atoms with Crippen LogP contribution in [0.3, 0.4) is 0 Å². The minimum atomic E-state index is 0.530. The maximum absolute atomic E-state index is 5.37. The fraction of sp³-hybridized carbons (Fsp3) is 0.600. The molecule has 2 heteroatoms. The zero-order valence-corrected chi connectivity index (χ0v) is 11.2. The van der Waals surface area contributed by atoms with Crippen molar-refractivity contribution in [1.29, 1.82) is 0 Å². The molecule has 1 aromatic carbocycles. The fourth-order valence-electron chi connectivity index (χ4n) is 2.70. The molecule has 1 fully saturated rings. The minimum Gasteiger partial charge on any atom is -0.496 e. The van der Waals surface area contributed by atoms with Crippen molar-refractivity contribution in [3.05, 3.63) is 28.8 Å². The van der Waals surface area contributed by atoms with Crippen molar-refractivity contribution in [2.24, 2.45) is 0 Å². The maximum atomic E-state index is 5.37. The van der Waals surface area contributed by atoms with Gasteiger partial charge in [0.1, 0.15) is 5.75 Å². The number of benzene rings is 1. The molecule has 0 aliphatic carbocycles. The van der Waals surface area contributed by atoms with Gasteiger partial charge < -0.3 is 10.1 Å². The van der Waals surface area contributed by atoms with Crippen LogP contribution >= 0.6 is 0 Å². The van der Waals surface area contributed by atoms with Gasteiger partial charge in [-0.3, -0.25) is 0 Å². The van der Waals surface area contributed by atoms with Crippen LogP contribution in [0.5, 0.6) is 5.75 Å². The van der Waals surface area contributed by atoms with E-state index in [4.69, 9.17) is 4.74 Å². The topological polar surface area (TPSA) is 21.3 Å². The molecule has 1 unspecified atom stereocenters. The van der Waals surface area contributed by atoms with Gasteiger partial charge in [-0.2, -0.15) is 0 Å². The van der Waals surface area contributed by atoms with Crippen LogP contribution in [-0.2, 0) is 0 Å². The molecule has 0 bridgehead atoms. The summed E-state index contributed by atoms with van der Waals surface area (Å²) in [5, 5.41) is 3.66. The molecule has 1 aliphatic rings. The normalized spacial score (nSPS) is 21.0. The first-order valence-corrected chi connectivity index (χ1v) is 6.61. The Balaban J connectivity index is 2.27. The van der Waals surface area contributed by atoms with E-state index in [9.17, 15) is 0 Å². The molecule has 94 valence electrons. The first-order valence-electron chi connectivity index (χ1n) is 6.61. The number of hydrogen-bond donors (Lipinski definition) is 1. The number of hydrogen-bond acceptors (Lipinski definition) is 2. The molecule has 17 heavy (non-hydrogen) atoms. The second-order valence-electron chi connectivity index (χ2n) is 5.03. The molecule has 1 saturated heterocycles. The molecule has 1 N–H and O–H groups in total. The highest BCUT2D eigenvalue weighted by Crippen LogP contribution is 2.30. The molecule has 0 saturated carbocycles. The van der Waals surface area contributed by atoms with Crippen LogP contribution in [0.4, 0.5) is 0 Å². The van der Waals surface area contributed by atoms with Crippen LogP contribution in [0.15, 0.2) is 12.1 Å². The molecule has 0 radical (unpaired) electrons. The molecule has 1 atom stereocenters. The second-order valence-corrected chi connectivity index (χ2v) is 5.03. The lowest BCUT2D eigenvalue weighted by Crippen LogP contribution is -2.21. The van der Waals surface area contributed by atoms with Crippen molar-refractivity contribution >= 4 is 0 Å². The van der Waals surface area contributed by atoms with Gasteiger partial charge in [-0.05, 0) is 56.0 Å². The van der Waals surface area contributed by atoms with E-state index in [1.165, 1.54) is 42.4 Å². The van der Waals surface area contributed by atoms with Gasteiger partial charge in [-0.15, -0.1) is 0 Å². The molecule has 0 spiro atoms. The number of nitrogens with one attached hydrogen (secondary N) is 1. The Bertz CT molecular complexity index is 379. The number of rotatable bonds is 2. The molecule has 0 amide bonds. The molecule has 1 aromatic rings. The molecule has 0 aromatic heterocycles. The van der Waals surface area contributed by atoms with Gasteiger partial charge in [-0.25, -0.2) is 0 Å². The average molecular weight is 233 g/mol. The van der Waals surface area contributed by atoms with Crippen molar-refractivity contribution < 1.29 is 4.74 Å². The van der Waals surface area contributed by atoms with Crippen molar-refractivity contribution in [1.82, 2.24) is 5.32 Å². The summed E-state index contributed by atoms with van der Waals surface area (Å²) in [6, 6.07) is 4.98. The highest BCUT2D eigenvalue weighted by atomic mass is 16.5. The maximum Gasteiger partial charge on any atom is 0.122 e. The number of aryl methyl sites for hydroxylation is 2. The third kappa shape index (κ3) is 2.81. The van der Waals surface area contributed by atoms with Crippen LogP contribution < -0.4 is 10.1 Å². The van der Waals surface area contributed by atoms with Gasteiger partial charge in [-0.1, -0.05) is 18.9 Å². The Morgan fingerprint density at radius 1 is 1.12 bits per heavy atom. The smallest absolute Gasteiger partial charge is 0.122 e. The van der Waals surface area contributed by atoms with Crippen LogP contribution in [0, 0.1) is 13.8 Å². The summed E-state index contributed by atoms with van der Waals surface area (Å²) >= 11 is 0. The third-order valence-corrected chi connectivity index (χ3v) is 3.72. The molecule has 1 heterocycles. The monoisotopic (exact) mass is 233 g/mol. The predicted octanol–water partition coefficient (Wildman–Crippen LogP) is 3.52. The lowest BCUT2D eigenvalue weighted by molar-refractivity contribution is 0.410. The van der Waals surface area contributed by atoms with E-state index in [1.807, 2.05) is 0 Å². The average Bonchev–Trinajstić information content (AvgIpc) is 2.60. The summed E-state index contributed by atoms with van der Waals surface area (Å²) in [6.45, 7) is 5.46. The summed E-state index contributed by atoms with van der Waals surface area (Å²) in [4.78, 5) is 0. The standard InChI is InChI=1S/C15H23NO/c1-11-10-15(17-3)12(2)9-13(11)14-7-5-4-6-8-16-14/h9-10,14,16H,4-8H2,1-3H3. The minimum absolute atomic E-state index is 0.530. The lowest BCUT2D eigenvalue weighted by atomic mass is 9.95. The summed E-state index contributed by atoms with van der Waals surface area (Å²) in [5.74, 6) is 1.000. The van der Waals surface area contributed by atoms with Gasteiger partial charge in [0.15, 0.2) is 0 Å². The van der Waals surface area contributed by atoms with Gasteiger partial charge >= 0.3 is 0 Å². The Kier molecular flexibility index (Phi) is 4.06. The van der Waals surface area contributed by atoms with E-state index in [0.717, 1.165) is 12.3 Å². The fourth-order valence-corrected chi connectivity index (χ4v) is 2.70. The van der Waals surface area contributed by atoms with Crippen molar-refractivity contribution in [3.8, 4) is 5.75 Å². The van der Waals surface area contributed by atoms with Crippen molar-refractivity contribution in [3.63, 3.8) is 0 Å². The summed E-state index contributed by atoms with van der Waals surface area (Å²) in [5.41, 5.74) is 4.02. The Labute approximate surface area is 104 Å². The van der Waals surface area contributed by atoms with E-state index in [2.05, 4.69) is 31.3 Å². The Morgan fingerprint density at radius 3 is 2.71 bits per heavy atom. The van der Waals surface area contributed by atoms with Crippen molar-refractivity contribution in [2.75, 3.05) is 13.7 Å². The van der Waals surface area contributed by atoms with E-state index in [-0.39, 0.29) is 0 Å². The van der Waals surface area contributed by atoms with Crippen LogP contribution in [0.2, 0.25) is 0 Å². The first-order chi connectivity index (χ1) is 8.22. The Hall–Kier alpha value is -1.02. The summed E-state index contributed by atoms with van der Waals surface area (Å²) < 4.78 is 5.37. The van der Waals surface area contributed by atoms with Gasteiger partial charge in [0, 0.05) is 6.04 Å². The predicted molar refractivity (Wildman–Crippen MR) is 71.7 cm³/mol. The van der Waals surface area contributed by atoms with E-state index >= 15 is 0 Å². The lowest BCUT2D eigenvalue weighted by Gasteiger charge is -2.20. The van der Waals surface area contributed by atoms with E-state index < -0.39 is 0 Å². The third-order valence-electron chi connectivity index (χ3n) is 3.72. The highest BCUT2D eigenvalue weighted by Gasteiger charge is 2.16. The van der Waals surface area contributed by atoms with Crippen LogP contribution in [0.25, 0.3) is 0 Å². The number of methoxy groups -OCH3 is 1. The van der Waals surface area contributed by atoms with Gasteiger partial charge in [0.25, 0.3) is 0 Å². The molecule has 2 nitrogen and oxygen atoms in total. The molecular formula is C15H23NO. The Morgan fingerprint density at radius 2 is 1.94 bits per heavy atom. The van der Waals surface area contributed by atoms with E-state index in [0.29, 0.717) is 6.04 Å². The SMILES string of the molecule is COc1cc(C)c(C2CCCCCN2)cc1C. The van der Waals surface area contributed by atoms with Crippen LogP contribution in [0.1, 0.15) is 48.4 Å². The zero-order valence-electron chi connectivity index (χ0n) is 11.2. The largest absolute Gasteiger partial charge is 0.496 e. The van der Waals surface area contributed by atoms with Crippen LogP contribution in [-0.4, -0.2) is 13.7 Å².